The van der Waals surface area contributed by atoms with Crippen molar-refractivity contribution in [2.45, 2.75) is 32.2 Å². The highest BCUT2D eigenvalue weighted by Gasteiger charge is 2.35. The Kier molecular flexibility index (Phi) is 3.41. The highest BCUT2D eigenvalue weighted by Crippen LogP contribution is 2.32. The zero-order chi connectivity index (χ0) is 14.2. The average molecular weight is 268 g/mol. The molecule has 0 radical (unpaired) electrons. The minimum absolute atomic E-state index is 0.254. The van der Waals surface area contributed by atoms with Gasteiger partial charge in [-0.25, -0.2) is 0 Å². The van der Waals surface area contributed by atoms with Crippen molar-refractivity contribution in [2.75, 3.05) is 5.32 Å². The van der Waals surface area contributed by atoms with Gasteiger partial charge in [0, 0.05) is 20.0 Å². The van der Waals surface area contributed by atoms with Crippen molar-refractivity contribution in [3.05, 3.63) is 15.9 Å². The van der Waals surface area contributed by atoms with Crippen LogP contribution >= 0.6 is 0 Å². The fourth-order valence-electron chi connectivity index (χ4n) is 2.49. The normalized spacial score (nSPS) is 22.4. The molecule has 0 saturated heterocycles. The summed E-state index contributed by atoms with van der Waals surface area (Å²) in [6, 6.07) is -0.286. The summed E-state index contributed by atoms with van der Waals surface area (Å²) in [4.78, 5) is 25.4. The molecule has 8 heteroatoms. The van der Waals surface area contributed by atoms with Crippen LogP contribution in [-0.2, 0) is 11.8 Å². The van der Waals surface area contributed by atoms with E-state index in [1.807, 2.05) is 0 Å². The van der Waals surface area contributed by atoms with Crippen LogP contribution in [0.2, 0.25) is 0 Å². The number of aryl methyl sites for hydroxylation is 1. The van der Waals surface area contributed by atoms with Gasteiger partial charge in [-0.2, -0.15) is 0 Å². The Balaban J connectivity index is 2.28. The van der Waals surface area contributed by atoms with E-state index in [9.17, 15) is 14.9 Å². The molecule has 19 heavy (non-hydrogen) atoms. The third kappa shape index (κ3) is 2.38. The van der Waals surface area contributed by atoms with E-state index in [1.165, 1.54) is 0 Å². The molecule has 2 unspecified atom stereocenters. The highest BCUT2D eigenvalue weighted by molar-refractivity contribution is 5.72. The molecule has 2 N–H and O–H groups in total. The maximum Gasteiger partial charge on any atom is 0.406 e. The summed E-state index contributed by atoms with van der Waals surface area (Å²) in [5.41, 5.74) is 0. The second kappa shape index (κ2) is 4.87. The molecule has 1 heterocycles. The average Bonchev–Trinajstić information content (AvgIpc) is 2.89. The number of nitro groups is 1. The predicted octanol–water partition coefficient (Wildman–Crippen LogP) is 1.30. The lowest BCUT2D eigenvalue weighted by atomic mass is 10.0. The second-order valence-corrected chi connectivity index (χ2v) is 4.77. The third-order valence-corrected chi connectivity index (χ3v) is 3.63. The fourth-order valence-corrected chi connectivity index (χ4v) is 2.49. The lowest BCUT2D eigenvalue weighted by molar-refractivity contribution is -0.388. The molecule has 2 atom stereocenters. The molecule has 104 valence electrons. The molecular weight excluding hydrogens is 252 g/mol. The number of rotatable bonds is 4. The van der Waals surface area contributed by atoms with Gasteiger partial charge in [-0.3, -0.25) is 9.36 Å². The Morgan fingerprint density at radius 3 is 2.84 bits per heavy atom. The van der Waals surface area contributed by atoms with E-state index >= 15 is 0 Å². The number of anilines is 1. The molecule has 1 fully saturated rings. The molecule has 0 spiro atoms. The molecular formula is C11H16N4O4. The molecule has 0 amide bonds. The summed E-state index contributed by atoms with van der Waals surface area (Å²) in [6.45, 7) is 1.67. The summed E-state index contributed by atoms with van der Waals surface area (Å²) in [5, 5.41) is 23.1. The lowest BCUT2D eigenvalue weighted by Gasteiger charge is -2.18. The maximum atomic E-state index is 11.1. The van der Waals surface area contributed by atoms with Crippen molar-refractivity contribution >= 4 is 17.6 Å². The number of aromatic nitrogens is 2. The Hall–Kier alpha value is -2.12. The summed E-state index contributed by atoms with van der Waals surface area (Å²) in [5.74, 6) is -0.831. The van der Waals surface area contributed by atoms with Crippen LogP contribution in [0.4, 0.5) is 11.6 Å². The minimum atomic E-state index is -0.864. The molecule has 0 aliphatic heterocycles. The van der Waals surface area contributed by atoms with Gasteiger partial charge in [0.15, 0.2) is 0 Å². The fraction of sp³-hybridized carbons (Fsp3) is 0.636. The van der Waals surface area contributed by atoms with Crippen LogP contribution in [0.3, 0.4) is 0 Å². The first-order valence-corrected chi connectivity index (χ1v) is 6.09. The van der Waals surface area contributed by atoms with Crippen LogP contribution in [0.15, 0.2) is 0 Å². The molecule has 1 aromatic rings. The largest absolute Gasteiger partial charge is 0.481 e. The van der Waals surface area contributed by atoms with Crippen molar-refractivity contribution < 1.29 is 14.8 Å². The summed E-state index contributed by atoms with van der Waals surface area (Å²) >= 11 is 0. The zero-order valence-corrected chi connectivity index (χ0v) is 10.8. The molecule has 2 rings (SSSR count). The van der Waals surface area contributed by atoms with Gasteiger partial charge in [0.2, 0.25) is 11.6 Å². The van der Waals surface area contributed by atoms with Gasteiger partial charge in [-0.1, -0.05) is 6.42 Å². The van der Waals surface area contributed by atoms with Crippen LogP contribution in [0.25, 0.3) is 0 Å². The second-order valence-electron chi connectivity index (χ2n) is 4.77. The molecule has 1 aliphatic rings. The maximum absolute atomic E-state index is 11.1. The monoisotopic (exact) mass is 268 g/mol. The highest BCUT2D eigenvalue weighted by atomic mass is 16.6. The number of imidazole rings is 1. The van der Waals surface area contributed by atoms with Gasteiger partial charge in [0.1, 0.15) is 0 Å². The molecule has 0 bridgehead atoms. The number of hydrogen-bond acceptors (Lipinski definition) is 5. The Morgan fingerprint density at radius 2 is 2.26 bits per heavy atom. The summed E-state index contributed by atoms with van der Waals surface area (Å²) in [7, 11) is 1.67. The van der Waals surface area contributed by atoms with Gasteiger partial charge in [0.05, 0.1) is 5.92 Å². The Bertz CT molecular complexity index is 525. The number of hydrogen-bond donors (Lipinski definition) is 2. The smallest absolute Gasteiger partial charge is 0.406 e. The molecule has 1 aromatic heterocycles. The van der Waals surface area contributed by atoms with Crippen molar-refractivity contribution in [3.63, 3.8) is 0 Å². The number of nitrogens with zero attached hydrogens (tertiary/aromatic N) is 3. The Morgan fingerprint density at radius 1 is 1.58 bits per heavy atom. The number of carboxylic acids is 1. The van der Waals surface area contributed by atoms with E-state index in [0.29, 0.717) is 18.7 Å². The number of nitrogens with one attached hydrogen (secondary N) is 1. The van der Waals surface area contributed by atoms with Gasteiger partial charge in [-0.15, -0.1) is 0 Å². The topological polar surface area (TPSA) is 110 Å². The molecule has 1 aliphatic carbocycles. The first-order chi connectivity index (χ1) is 8.91. The predicted molar refractivity (Wildman–Crippen MR) is 67.0 cm³/mol. The summed E-state index contributed by atoms with van der Waals surface area (Å²) in [6.07, 6.45) is 2.09. The van der Waals surface area contributed by atoms with Gasteiger partial charge in [-0.05, 0) is 22.7 Å². The van der Waals surface area contributed by atoms with E-state index < -0.39 is 16.8 Å². The number of aliphatic carboxylic acids is 1. The minimum Gasteiger partial charge on any atom is -0.481 e. The van der Waals surface area contributed by atoms with E-state index in [4.69, 9.17) is 5.11 Å². The van der Waals surface area contributed by atoms with Crippen LogP contribution in [0.1, 0.15) is 25.1 Å². The van der Waals surface area contributed by atoms with Gasteiger partial charge >= 0.3 is 11.8 Å². The van der Waals surface area contributed by atoms with Crippen molar-refractivity contribution in [3.8, 4) is 0 Å². The number of carbonyl (C=O) groups is 1. The standard InChI is InChI=1S/C11H16N4O4/c1-6-12-10(15(18)19)9(14(6)2)13-8-5-3-4-7(8)11(16)17/h7-8,13H,3-5H2,1-2H3,(H,16,17). The van der Waals surface area contributed by atoms with Crippen LogP contribution in [-0.4, -0.2) is 31.6 Å². The van der Waals surface area contributed by atoms with Gasteiger partial charge in [0.25, 0.3) is 0 Å². The van der Waals surface area contributed by atoms with E-state index in [1.54, 1.807) is 18.5 Å². The van der Waals surface area contributed by atoms with Gasteiger partial charge < -0.3 is 20.5 Å². The van der Waals surface area contributed by atoms with E-state index in [-0.39, 0.29) is 17.7 Å². The first kappa shape index (κ1) is 13.3. The van der Waals surface area contributed by atoms with Crippen LogP contribution < -0.4 is 5.32 Å². The SMILES string of the molecule is Cc1nc([N+](=O)[O-])c(NC2CCCC2C(=O)O)n1C. The quantitative estimate of drug-likeness (QED) is 0.629. The summed E-state index contributed by atoms with van der Waals surface area (Å²) < 4.78 is 1.58. The first-order valence-electron chi connectivity index (χ1n) is 6.09. The van der Waals surface area contributed by atoms with E-state index in [0.717, 1.165) is 6.42 Å². The van der Waals surface area contributed by atoms with E-state index in [2.05, 4.69) is 10.3 Å². The lowest BCUT2D eigenvalue weighted by Crippen LogP contribution is -2.30. The molecule has 1 saturated carbocycles. The molecule has 0 aromatic carbocycles. The van der Waals surface area contributed by atoms with Crippen LogP contribution in [0, 0.1) is 23.0 Å². The van der Waals surface area contributed by atoms with Crippen LogP contribution in [0.5, 0.6) is 0 Å². The Labute approximate surface area is 109 Å². The zero-order valence-electron chi connectivity index (χ0n) is 10.8. The number of carboxylic acid groups (broad SMARTS) is 1. The third-order valence-electron chi connectivity index (χ3n) is 3.63. The van der Waals surface area contributed by atoms with Crippen molar-refractivity contribution in [1.29, 1.82) is 0 Å². The van der Waals surface area contributed by atoms with Crippen molar-refractivity contribution in [2.24, 2.45) is 13.0 Å². The molecule has 8 nitrogen and oxygen atoms in total. The van der Waals surface area contributed by atoms with Crippen molar-refractivity contribution in [1.82, 2.24) is 9.55 Å².